The summed E-state index contributed by atoms with van der Waals surface area (Å²) in [6.45, 7) is 11.5. The van der Waals surface area contributed by atoms with Gasteiger partial charge in [-0.25, -0.2) is 8.42 Å². The molecular weight excluding hydrogens is 352 g/mol. The van der Waals surface area contributed by atoms with Crippen LogP contribution >= 0.6 is 0 Å². The zero-order chi connectivity index (χ0) is 19.5. The summed E-state index contributed by atoms with van der Waals surface area (Å²) in [5.74, 6) is 0.345. The first-order chi connectivity index (χ1) is 12.1. The van der Waals surface area contributed by atoms with E-state index in [1.807, 2.05) is 0 Å². The van der Waals surface area contributed by atoms with Crippen molar-refractivity contribution < 1.29 is 17.9 Å². The van der Waals surface area contributed by atoms with Crippen molar-refractivity contribution in [2.75, 3.05) is 26.3 Å². The fourth-order valence-electron chi connectivity index (χ4n) is 3.28. The number of benzene rings is 1. The van der Waals surface area contributed by atoms with Crippen molar-refractivity contribution >= 4 is 15.9 Å². The molecule has 0 aliphatic carbocycles. The van der Waals surface area contributed by atoms with Gasteiger partial charge in [-0.3, -0.25) is 4.79 Å². The Morgan fingerprint density at radius 2 is 1.69 bits per heavy atom. The molecule has 1 N–H and O–H groups in total. The monoisotopic (exact) mass is 382 g/mol. The number of aryl methyl sites for hydroxylation is 1. The normalized spacial score (nSPS) is 16.5. The Kier molecular flexibility index (Phi) is 6.82. The SMILES string of the molecule is Cc1ccc(C(=O)NC(C(C)C)C(C)C)cc1S(=O)(=O)N1CCOCC1. The molecule has 2 rings (SSSR count). The van der Waals surface area contributed by atoms with Crippen LogP contribution in [0.3, 0.4) is 0 Å². The Morgan fingerprint density at radius 3 is 2.23 bits per heavy atom. The van der Waals surface area contributed by atoms with Crippen LogP contribution in [-0.2, 0) is 14.8 Å². The number of carbonyl (C=O) groups is 1. The zero-order valence-corrected chi connectivity index (χ0v) is 17.1. The lowest BCUT2D eigenvalue weighted by molar-refractivity contribution is 0.0730. The number of hydrogen-bond acceptors (Lipinski definition) is 4. The summed E-state index contributed by atoms with van der Waals surface area (Å²) in [6, 6.07) is 4.90. The van der Waals surface area contributed by atoms with Crippen molar-refractivity contribution in [3.8, 4) is 0 Å². The van der Waals surface area contributed by atoms with Gasteiger partial charge >= 0.3 is 0 Å². The van der Waals surface area contributed by atoms with Crippen LogP contribution in [0.5, 0.6) is 0 Å². The minimum Gasteiger partial charge on any atom is -0.379 e. The maximum absolute atomic E-state index is 13.0. The van der Waals surface area contributed by atoms with Crippen molar-refractivity contribution in [1.82, 2.24) is 9.62 Å². The van der Waals surface area contributed by atoms with E-state index >= 15 is 0 Å². The van der Waals surface area contributed by atoms with Gasteiger partial charge in [-0.1, -0.05) is 33.8 Å². The number of amides is 1. The molecule has 1 heterocycles. The molecule has 26 heavy (non-hydrogen) atoms. The van der Waals surface area contributed by atoms with Crippen LogP contribution < -0.4 is 5.32 Å². The van der Waals surface area contributed by atoms with Gasteiger partial charge in [-0.2, -0.15) is 4.31 Å². The lowest BCUT2D eigenvalue weighted by atomic mass is 9.93. The molecule has 1 aromatic carbocycles. The van der Waals surface area contributed by atoms with E-state index in [9.17, 15) is 13.2 Å². The van der Waals surface area contributed by atoms with E-state index < -0.39 is 10.0 Å². The topological polar surface area (TPSA) is 75.7 Å². The molecule has 0 aromatic heterocycles. The van der Waals surface area contributed by atoms with E-state index in [0.29, 0.717) is 49.3 Å². The highest BCUT2D eigenvalue weighted by atomic mass is 32.2. The molecule has 1 saturated heterocycles. The molecule has 1 fully saturated rings. The minimum absolute atomic E-state index is 0.0307. The Labute approximate surface area is 157 Å². The molecule has 0 radical (unpaired) electrons. The number of nitrogens with one attached hydrogen (secondary N) is 1. The van der Waals surface area contributed by atoms with Crippen LogP contribution in [0.15, 0.2) is 23.1 Å². The van der Waals surface area contributed by atoms with Crippen LogP contribution in [0.25, 0.3) is 0 Å². The number of rotatable bonds is 6. The summed E-state index contributed by atoms with van der Waals surface area (Å²) in [4.78, 5) is 12.9. The summed E-state index contributed by atoms with van der Waals surface area (Å²) in [7, 11) is -3.64. The first kappa shape index (κ1) is 20.9. The highest BCUT2D eigenvalue weighted by molar-refractivity contribution is 7.89. The maximum atomic E-state index is 13.0. The van der Waals surface area contributed by atoms with Gasteiger partial charge in [0.15, 0.2) is 0 Å². The molecule has 0 atom stereocenters. The van der Waals surface area contributed by atoms with Crippen molar-refractivity contribution in [2.45, 2.75) is 45.6 Å². The van der Waals surface area contributed by atoms with Gasteiger partial charge in [0.05, 0.1) is 18.1 Å². The molecule has 7 heteroatoms. The Morgan fingerprint density at radius 1 is 1.12 bits per heavy atom. The van der Waals surface area contributed by atoms with Crippen molar-refractivity contribution in [1.29, 1.82) is 0 Å². The minimum atomic E-state index is -3.64. The number of morpholine rings is 1. The number of sulfonamides is 1. The molecule has 0 spiro atoms. The fourth-order valence-corrected chi connectivity index (χ4v) is 4.94. The standard InChI is InChI=1S/C19H30N2O4S/c1-13(2)18(14(3)4)20-19(22)16-7-6-15(5)17(12-16)26(23,24)21-8-10-25-11-9-21/h6-7,12-14,18H,8-11H2,1-5H3,(H,20,22). The third kappa shape index (κ3) is 4.64. The van der Waals surface area contributed by atoms with Gasteiger partial charge in [-0.05, 0) is 36.5 Å². The molecule has 1 amide bonds. The second-order valence-electron chi connectivity index (χ2n) is 7.48. The zero-order valence-electron chi connectivity index (χ0n) is 16.3. The van der Waals surface area contributed by atoms with Gasteiger partial charge in [0.1, 0.15) is 0 Å². The Hall–Kier alpha value is -1.44. The molecule has 6 nitrogen and oxygen atoms in total. The Balaban J connectivity index is 2.30. The average molecular weight is 383 g/mol. The van der Waals surface area contributed by atoms with Gasteiger partial charge in [-0.15, -0.1) is 0 Å². The average Bonchev–Trinajstić information content (AvgIpc) is 2.59. The summed E-state index contributed by atoms with van der Waals surface area (Å²) < 4.78 is 32.6. The first-order valence-corrected chi connectivity index (χ1v) is 10.6. The molecule has 0 unspecified atom stereocenters. The van der Waals surface area contributed by atoms with Crippen molar-refractivity contribution in [3.05, 3.63) is 29.3 Å². The lowest BCUT2D eigenvalue weighted by Gasteiger charge is -2.27. The Bertz CT molecular complexity index is 730. The molecule has 1 aromatic rings. The first-order valence-electron chi connectivity index (χ1n) is 9.14. The predicted octanol–water partition coefficient (Wildman–Crippen LogP) is 2.43. The van der Waals surface area contributed by atoms with Crippen molar-refractivity contribution in [3.63, 3.8) is 0 Å². The maximum Gasteiger partial charge on any atom is 0.251 e. The van der Waals surface area contributed by atoms with Crippen LogP contribution in [0.2, 0.25) is 0 Å². The second-order valence-corrected chi connectivity index (χ2v) is 9.39. The largest absolute Gasteiger partial charge is 0.379 e. The molecular formula is C19H30N2O4S. The van der Waals surface area contributed by atoms with Gasteiger partial charge in [0.25, 0.3) is 5.91 Å². The predicted molar refractivity (Wildman–Crippen MR) is 102 cm³/mol. The molecule has 1 aliphatic heterocycles. The van der Waals surface area contributed by atoms with Gasteiger partial charge in [0.2, 0.25) is 10.0 Å². The highest BCUT2D eigenvalue weighted by Gasteiger charge is 2.29. The fraction of sp³-hybridized carbons (Fsp3) is 0.632. The van der Waals surface area contributed by atoms with Crippen LogP contribution in [0, 0.1) is 18.8 Å². The summed E-state index contributed by atoms with van der Waals surface area (Å²) >= 11 is 0. The second kappa shape index (κ2) is 8.50. The molecule has 146 valence electrons. The summed E-state index contributed by atoms with van der Waals surface area (Å²) in [5, 5.41) is 3.04. The highest BCUT2D eigenvalue weighted by Crippen LogP contribution is 2.23. The van der Waals surface area contributed by atoms with Gasteiger partial charge < -0.3 is 10.1 Å². The number of ether oxygens (including phenoxy) is 1. The number of nitrogens with zero attached hydrogens (tertiary/aromatic N) is 1. The summed E-state index contributed by atoms with van der Waals surface area (Å²) in [5.41, 5.74) is 1.01. The lowest BCUT2D eigenvalue weighted by Crippen LogP contribution is -2.42. The third-order valence-electron chi connectivity index (χ3n) is 4.77. The van der Waals surface area contributed by atoms with Gasteiger partial charge in [0, 0.05) is 24.7 Å². The van der Waals surface area contributed by atoms with E-state index in [2.05, 4.69) is 33.0 Å². The van der Waals surface area contributed by atoms with E-state index in [-0.39, 0.29) is 16.8 Å². The van der Waals surface area contributed by atoms with Crippen molar-refractivity contribution in [2.24, 2.45) is 11.8 Å². The van der Waals surface area contributed by atoms with E-state index in [4.69, 9.17) is 4.74 Å². The van der Waals surface area contributed by atoms with Crippen LogP contribution in [0.4, 0.5) is 0 Å². The third-order valence-corrected chi connectivity index (χ3v) is 6.81. The summed E-state index contributed by atoms with van der Waals surface area (Å²) in [6.07, 6.45) is 0. The number of carbonyl (C=O) groups excluding carboxylic acids is 1. The smallest absolute Gasteiger partial charge is 0.251 e. The quantitative estimate of drug-likeness (QED) is 0.820. The van der Waals surface area contributed by atoms with E-state index in [0.717, 1.165) is 0 Å². The molecule has 1 aliphatic rings. The molecule has 0 bridgehead atoms. The molecule has 0 saturated carbocycles. The van der Waals surface area contributed by atoms with E-state index in [1.54, 1.807) is 19.1 Å². The van der Waals surface area contributed by atoms with Crippen LogP contribution in [-0.4, -0.2) is 51.0 Å². The van der Waals surface area contributed by atoms with E-state index in [1.165, 1.54) is 10.4 Å². The van der Waals surface area contributed by atoms with Crippen LogP contribution in [0.1, 0.15) is 43.6 Å². The number of hydrogen-bond donors (Lipinski definition) is 1.